The quantitative estimate of drug-likeness (QED) is 0.127. The van der Waals surface area contributed by atoms with Crippen molar-refractivity contribution in [3.63, 3.8) is 0 Å². The van der Waals surface area contributed by atoms with E-state index in [4.69, 9.17) is 0 Å². The highest BCUT2D eigenvalue weighted by atomic mass is 15.1. The van der Waals surface area contributed by atoms with Crippen molar-refractivity contribution in [2.45, 2.75) is 0 Å². The van der Waals surface area contributed by atoms with Crippen LogP contribution in [-0.2, 0) is 0 Å². The lowest BCUT2D eigenvalue weighted by molar-refractivity contribution is 1.28. The van der Waals surface area contributed by atoms with E-state index in [2.05, 4.69) is 277 Å². The molecule has 0 aliphatic rings. The van der Waals surface area contributed by atoms with E-state index < -0.39 is 0 Å². The smallest absolute Gasteiger partial charge is 0.0540 e. The molecular formula is C64H44N2. The topological polar surface area (TPSA) is 6.48 Å². The van der Waals surface area contributed by atoms with Gasteiger partial charge in [-0.1, -0.05) is 194 Å². The number of para-hydroxylation sites is 6. The van der Waals surface area contributed by atoms with Crippen molar-refractivity contribution in [2.75, 3.05) is 9.80 Å². The maximum atomic E-state index is 2.44. The molecule has 0 saturated heterocycles. The second kappa shape index (κ2) is 16.8. The summed E-state index contributed by atoms with van der Waals surface area (Å²) in [6, 6.07) is 97.0. The minimum Gasteiger partial charge on any atom is -0.310 e. The third-order valence-electron chi connectivity index (χ3n) is 13.0. The fourth-order valence-electron chi connectivity index (χ4n) is 10.1. The molecule has 2 heteroatoms. The number of anilines is 6. The van der Waals surface area contributed by atoms with Crippen LogP contribution < -0.4 is 9.80 Å². The zero-order chi connectivity index (χ0) is 43.8. The molecule has 0 aromatic heterocycles. The summed E-state index contributed by atoms with van der Waals surface area (Å²) in [5.41, 5.74) is 16.1. The molecule has 0 heterocycles. The van der Waals surface area contributed by atoms with Gasteiger partial charge in [-0.05, 0) is 138 Å². The Balaban J connectivity index is 1.20. The van der Waals surface area contributed by atoms with Gasteiger partial charge in [-0.2, -0.15) is 0 Å². The van der Waals surface area contributed by atoms with Crippen LogP contribution in [0.25, 0.3) is 76.8 Å². The molecule has 310 valence electrons. The highest BCUT2D eigenvalue weighted by Crippen LogP contribution is 2.52. The Kier molecular flexibility index (Phi) is 9.89. The molecule has 12 aromatic carbocycles. The van der Waals surface area contributed by atoms with Crippen LogP contribution in [-0.4, -0.2) is 0 Å². The minimum atomic E-state index is 1.10. The van der Waals surface area contributed by atoms with Crippen molar-refractivity contribution in [2.24, 2.45) is 0 Å². The lowest BCUT2D eigenvalue weighted by Gasteiger charge is -2.29. The summed E-state index contributed by atoms with van der Waals surface area (Å²) >= 11 is 0. The van der Waals surface area contributed by atoms with E-state index in [1.54, 1.807) is 0 Å². The summed E-state index contributed by atoms with van der Waals surface area (Å²) in [6.45, 7) is 0. The number of hydrogen-bond acceptors (Lipinski definition) is 2. The number of hydrogen-bond donors (Lipinski definition) is 0. The molecule has 12 aromatic rings. The Bertz CT molecular complexity index is 3290. The Morgan fingerprint density at radius 1 is 0.197 bits per heavy atom. The van der Waals surface area contributed by atoms with Crippen LogP contribution >= 0.6 is 0 Å². The molecule has 0 spiro atoms. The highest BCUT2D eigenvalue weighted by Gasteiger charge is 2.25. The predicted octanol–water partition coefficient (Wildman–Crippen LogP) is 18.2. The minimum absolute atomic E-state index is 1.10. The molecule has 12 rings (SSSR count). The van der Waals surface area contributed by atoms with Crippen LogP contribution in [0.2, 0.25) is 0 Å². The third-order valence-corrected chi connectivity index (χ3v) is 13.0. The Morgan fingerprint density at radius 3 is 0.773 bits per heavy atom. The van der Waals surface area contributed by atoms with Crippen LogP contribution in [0.5, 0.6) is 0 Å². The normalized spacial score (nSPS) is 11.3. The van der Waals surface area contributed by atoms with Crippen LogP contribution in [0.3, 0.4) is 0 Å². The first-order valence-electron chi connectivity index (χ1n) is 22.7. The Labute approximate surface area is 385 Å². The molecule has 0 atom stereocenters. The van der Waals surface area contributed by atoms with Crippen LogP contribution in [0.1, 0.15) is 0 Å². The van der Waals surface area contributed by atoms with Crippen LogP contribution in [0.15, 0.2) is 267 Å². The molecular weight excluding hydrogens is 797 g/mol. The lowest BCUT2D eigenvalue weighted by Crippen LogP contribution is -2.11. The molecule has 0 radical (unpaired) electrons. The zero-order valence-electron chi connectivity index (χ0n) is 36.3. The molecule has 0 amide bonds. The van der Waals surface area contributed by atoms with Gasteiger partial charge in [0.15, 0.2) is 0 Å². The first-order valence-corrected chi connectivity index (χ1v) is 22.7. The van der Waals surface area contributed by atoms with Crippen molar-refractivity contribution >= 4 is 66.4 Å². The van der Waals surface area contributed by atoms with Crippen molar-refractivity contribution < 1.29 is 0 Å². The molecule has 0 N–H and O–H groups in total. The average molecular weight is 841 g/mol. The summed E-state index contributed by atoms with van der Waals surface area (Å²) in [7, 11) is 0. The summed E-state index contributed by atoms with van der Waals surface area (Å²) < 4.78 is 0. The average Bonchev–Trinajstić information content (AvgIpc) is 3.40. The fourth-order valence-corrected chi connectivity index (χ4v) is 10.1. The Morgan fingerprint density at radius 2 is 0.455 bits per heavy atom. The number of nitrogens with zero attached hydrogens (tertiary/aromatic N) is 2. The van der Waals surface area contributed by atoms with Crippen LogP contribution in [0, 0.1) is 0 Å². The van der Waals surface area contributed by atoms with Crippen molar-refractivity contribution in [1.82, 2.24) is 0 Å². The van der Waals surface area contributed by atoms with Gasteiger partial charge in [0, 0.05) is 33.9 Å². The largest absolute Gasteiger partial charge is 0.310 e. The van der Waals surface area contributed by atoms with Gasteiger partial charge in [0.05, 0.1) is 11.4 Å². The molecule has 0 saturated carbocycles. The maximum Gasteiger partial charge on any atom is 0.0540 e. The third kappa shape index (κ3) is 6.75. The number of rotatable bonds is 10. The molecule has 0 unspecified atom stereocenters. The van der Waals surface area contributed by atoms with Crippen molar-refractivity contribution in [3.8, 4) is 44.5 Å². The van der Waals surface area contributed by atoms with E-state index in [1.807, 2.05) is 0 Å². The highest BCUT2D eigenvalue weighted by molar-refractivity contribution is 6.32. The second-order valence-electron chi connectivity index (χ2n) is 16.8. The predicted molar refractivity (Wildman–Crippen MR) is 281 cm³/mol. The van der Waals surface area contributed by atoms with Gasteiger partial charge < -0.3 is 9.80 Å². The molecule has 2 nitrogen and oxygen atoms in total. The van der Waals surface area contributed by atoms with Crippen molar-refractivity contribution in [1.29, 1.82) is 0 Å². The van der Waals surface area contributed by atoms with Crippen molar-refractivity contribution in [3.05, 3.63) is 267 Å². The van der Waals surface area contributed by atoms with E-state index in [1.165, 1.54) is 65.7 Å². The molecule has 0 bridgehead atoms. The van der Waals surface area contributed by atoms with Gasteiger partial charge in [0.2, 0.25) is 0 Å². The fraction of sp³-hybridized carbons (Fsp3) is 0. The zero-order valence-corrected chi connectivity index (χ0v) is 36.3. The number of benzene rings is 12. The molecule has 0 aliphatic carbocycles. The first kappa shape index (κ1) is 38.9. The van der Waals surface area contributed by atoms with Gasteiger partial charge in [-0.25, -0.2) is 0 Å². The summed E-state index contributed by atoms with van der Waals surface area (Å²) in [5.74, 6) is 0. The summed E-state index contributed by atoms with van der Waals surface area (Å²) in [5, 5.41) is 7.44. The van der Waals surface area contributed by atoms with Gasteiger partial charge in [-0.15, -0.1) is 0 Å². The summed E-state index contributed by atoms with van der Waals surface area (Å²) in [4.78, 5) is 4.78. The SMILES string of the molecule is c1ccc(-c2cc(-c3ccccc3N(c3ccccc3)c3ccccc3)c3ccc4c(-c5ccccc5)cc(-c5ccccc5N(c5ccccc5)c5ccccc5)c5ccc2c3c45)cc1. The maximum absolute atomic E-state index is 2.44. The molecule has 66 heavy (non-hydrogen) atoms. The van der Waals surface area contributed by atoms with E-state index in [-0.39, 0.29) is 0 Å². The Hall–Kier alpha value is -8.72. The summed E-state index contributed by atoms with van der Waals surface area (Å²) in [6.07, 6.45) is 0. The molecule has 0 fully saturated rings. The lowest BCUT2D eigenvalue weighted by atomic mass is 9.81. The van der Waals surface area contributed by atoms with Gasteiger partial charge >= 0.3 is 0 Å². The molecule has 0 aliphatic heterocycles. The van der Waals surface area contributed by atoms with Gasteiger partial charge in [0.1, 0.15) is 0 Å². The van der Waals surface area contributed by atoms with E-state index in [9.17, 15) is 0 Å². The van der Waals surface area contributed by atoms with E-state index in [0.29, 0.717) is 0 Å². The van der Waals surface area contributed by atoms with E-state index in [0.717, 1.165) is 45.3 Å². The standard InChI is InChI=1S/C64H44N2/c1-7-23-45(24-8-1)57-43-59(51-35-19-21-37-61(51)65(47-27-11-3-12-28-47)48-29-13-4-14-30-48)55-42-40-54-58(46-25-9-2-10-26-46)44-60(56-41-39-53(57)63(55)64(54)56)52-36-20-22-38-62(52)66(49-31-15-5-16-32-49)50-33-17-6-18-34-50/h1-44H. The van der Waals surface area contributed by atoms with E-state index >= 15 is 0 Å². The van der Waals surface area contributed by atoms with Gasteiger partial charge in [0.25, 0.3) is 0 Å². The monoisotopic (exact) mass is 840 g/mol. The van der Waals surface area contributed by atoms with Gasteiger partial charge in [-0.3, -0.25) is 0 Å². The second-order valence-corrected chi connectivity index (χ2v) is 16.8. The first-order chi connectivity index (χ1) is 32.8. The van der Waals surface area contributed by atoms with Crippen LogP contribution in [0.4, 0.5) is 34.1 Å².